The number of carboxylic acids is 1. The van der Waals surface area contributed by atoms with Crippen molar-refractivity contribution in [3.05, 3.63) is 12.7 Å². The van der Waals surface area contributed by atoms with Gasteiger partial charge in [0.2, 0.25) is 0 Å². The van der Waals surface area contributed by atoms with Gasteiger partial charge in [0.1, 0.15) is 6.04 Å². The minimum atomic E-state index is -1.06. The van der Waals surface area contributed by atoms with Crippen molar-refractivity contribution in [3.63, 3.8) is 0 Å². The highest BCUT2D eigenvalue weighted by Crippen LogP contribution is 2.38. The van der Waals surface area contributed by atoms with Crippen molar-refractivity contribution in [2.75, 3.05) is 6.61 Å². The first-order valence-corrected chi connectivity index (χ1v) is 6.64. The van der Waals surface area contributed by atoms with Crippen LogP contribution in [0.3, 0.4) is 0 Å². The van der Waals surface area contributed by atoms with Gasteiger partial charge in [0.15, 0.2) is 0 Å². The SMILES string of the molecule is C=CCC(NC(=O)NC1CCOC1C1CC1)C(=O)O. The molecule has 2 amide bonds. The Morgan fingerprint density at radius 1 is 1.42 bits per heavy atom. The Balaban J connectivity index is 1.82. The van der Waals surface area contributed by atoms with Crippen molar-refractivity contribution >= 4 is 12.0 Å². The van der Waals surface area contributed by atoms with Crippen molar-refractivity contribution in [3.8, 4) is 0 Å². The summed E-state index contributed by atoms with van der Waals surface area (Å²) in [6.07, 6.45) is 4.86. The van der Waals surface area contributed by atoms with Gasteiger partial charge in [-0.2, -0.15) is 0 Å². The molecule has 2 fully saturated rings. The molecule has 0 bridgehead atoms. The van der Waals surface area contributed by atoms with Crippen molar-refractivity contribution < 1.29 is 19.4 Å². The van der Waals surface area contributed by atoms with E-state index in [2.05, 4.69) is 17.2 Å². The lowest BCUT2D eigenvalue weighted by atomic mass is 10.1. The van der Waals surface area contributed by atoms with E-state index in [-0.39, 0.29) is 18.6 Å². The number of rotatable bonds is 6. The van der Waals surface area contributed by atoms with Crippen LogP contribution in [-0.2, 0) is 9.53 Å². The highest BCUT2D eigenvalue weighted by atomic mass is 16.5. The molecule has 1 saturated heterocycles. The van der Waals surface area contributed by atoms with E-state index in [4.69, 9.17) is 9.84 Å². The number of carbonyl (C=O) groups excluding carboxylic acids is 1. The molecule has 19 heavy (non-hydrogen) atoms. The summed E-state index contributed by atoms with van der Waals surface area (Å²) in [5, 5.41) is 14.2. The summed E-state index contributed by atoms with van der Waals surface area (Å²) < 4.78 is 5.62. The lowest BCUT2D eigenvalue weighted by Gasteiger charge is -2.21. The molecule has 0 aromatic heterocycles. The van der Waals surface area contributed by atoms with Gasteiger partial charge in [-0.3, -0.25) is 0 Å². The highest BCUT2D eigenvalue weighted by molar-refractivity contribution is 5.82. The van der Waals surface area contributed by atoms with E-state index in [0.717, 1.165) is 19.3 Å². The monoisotopic (exact) mass is 268 g/mol. The number of amides is 2. The van der Waals surface area contributed by atoms with Crippen LogP contribution >= 0.6 is 0 Å². The molecular weight excluding hydrogens is 248 g/mol. The van der Waals surface area contributed by atoms with Crippen LogP contribution in [0.2, 0.25) is 0 Å². The Bertz CT molecular complexity index is 368. The lowest BCUT2D eigenvalue weighted by Crippen LogP contribution is -2.51. The van der Waals surface area contributed by atoms with Crippen LogP contribution in [0.4, 0.5) is 4.79 Å². The first kappa shape index (κ1) is 13.9. The Labute approximate surface area is 112 Å². The molecule has 3 unspecified atom stereocenters. The normalized spacial score (nSPS) is 27.6. The van der Waals surface area contributed by atoms with Gasteiger partial charge in [-0.25, -0.2) is 9.59 Å². The molecule has 3 N–H and O–H groups in total. The molecule has 2 rings (SSSR count). The maximum absolute atomic E-state index is 11.8. The van der Waals surface area contributed by atoms with Crippen molar-refractivity contribution in [2.45, 2.75) is 43.9 Å². The Kier molecular flexibility index (Phi) is 4.42. The molecule has 1 aliphatic heterocycles. The summed E-state index contributed by atoms with van der Waals surface area (Å²) in [5.74, 6) is -0.507. The molecule has 6 heteroatoms. The van der Waals surface area contributed by atoms with E-state index in [1.807, 2.05) is 0 Å². The Hall–Kier alpha value is -1.56. The zero-order valence-corrected chi connectivity index (χ0v) is 10.8. The van der Waals surface area contributed by atoms with Crippen LogP contribution in [0.5, 0.6) is 0 Å². The second kappa shape index (κ2) is 6.06. The fourth-order valence-electron chi connectivity index (χ4n) is 2.41. The van der Waals surface area contributed by atoms with Crippen LogP contribution < -0.4 is 10.6 Å². The topological polar surface area (TPSA) is 87.7 Å². The summed E-state index contributed by atoms with van der Waals surface area (Å²) in [5.41, 5.74) is 0. The molecule has 0 aromatic rings. The molecule has 6 nitrogen and oxygen atoms in total. The standard InChI is InChI=1S/C13H20N2O4/c1-2-3-10(12(16)17)15-13(18)14-9-6-7-19-11(9)8-4-5-8/h2,8-11H,1,3-7H2,(H,16,17)(H2,14,15,18). The van der Waals surface area contributed by atoms with Crippen LogP contribution in [-0.4, -0.2) is 41.9 Å². The maximum Gasteiger partial charge on any atom is 0.326 e. The van der Waals surface area contributed by atoms with Crippen LogP contribution in [0.1, 0.15) is 25.7 Å². The van der Waals surface area contributed by atoms with E-state index in [1.165, 1.54) is 6.08 Å². The third-order valence-electron chi connectivity index (χ3n) is 3.54. The zero-order chi connectivity index (χ0) is 13.8. The molecule has 3 atom stereocenters. The summed E-state index contributed by atoms with van der Waals surface area (Å²) in [6.45, 7) is 4.14. The van der Waals surface area contributed by atoms with Crippen LogP contribution in [0.25, 0.3) is 0 Å². The van der Waals surface area contributed by atoms with Crippen molar-refractivity contribution in [1.29, 1.82) is 0 Å². The summed E-state index contributed by atoms with van der Waals surface area (Å²) in [4.78, 5) is 22.7. The van der Waals surface area contributed by atoms with Gasteiger partial charge < -0.3 is 20.5 Å². The number of carbonyl (C=O) groups is 2. The van der Waals surface area contributed by atoms with Crippen LogP contribution in [0.15, 0.2) is 12.7 Å². The van der Waals surface area contributed by atoms with Crippen LogP contribution in [0, 0.1) is 5.92 Å². The number of carboxylic acid groups (broad SMARTS) is 1. The van der Waals surface area contributed by atoms with Gasteiger partial charge in [-0.1, -0.05) is 6.08 Å². The summed E-state index contributed by atoms with van der Waals surface area (Å²) in [6, 6.07) is -1.39. The quantitative estimate of drug-likeness (QED) is 0.624. The number of urea groups is 1. The van der Waals surface area contributed by atoms with E-state index in [1.54, 1.807) is 0 Å². The number of hydrogen-bond acceptors (Lipinski definition) is 3. The zero-order valence-electron chi connectivity index (χ0n) is 10.8. The van der Waals surface area contributed by atoms with Crippen molar-refractivity contribution in [1.82, 2.24) is 10.6 Å². The molecule has 1 heterocycles. The average Bonchev–Trinajstić information content (AvgIpc) is 3.10. The molecular formula is C13H20N2O4. The lowest BCUT2D eigenvalue weighted by molar-refractivity contribution is -0.139. The third kappa shape index (κ3) is 3.70. The van der Waals surface area contributed by atoms with Gasteiger partial charge in [-0.15, -0.1) is 6.58 Å². The number of aliphatic carboxylic acids is 1. The summed E-state index contributed by atoms with van der Waals surface area (Å²) >= 11 is 0. The first-order valence-electron chi connectivity index (χ1n) is 6.64. The van der Waals surface area contributed by atoms with E-state index >= 15 is 0 Å². The molecule has 106 valence electrons. The smallest absolute Gasteiger partial charge is 0.326 e. The fourth-order valence-corrected chi connectivity index (χ4v) is 2.41. The number of ether oxygens (including phenoxy) is 1. The summed E-state index contributed by atoms with van der Waals surface area (Å²) in [7, 11) is 0. The minimum absolute atomic E-state index is 0.00863. The molecule has 0 aromatic carbocycles. The molecule has 2 aliphatic rings. The van der Waals surface area contributed by atoms with Gasteiger partial charge in [0.05, 0.1) is 12.1 Å². The van der Waals surface area contributed by atoms with E-state index < -0.39 is 18.0 Å². The predicted molar refractivity (Wildman–Crippen MR) is 68.8 cm³/mol. The second-order valence-corrected chi connectivity index (χ2v) is 5.10. The average molecular weight is 268 g/mol. The largest absolute Gasteiger partial charge is 0.480 e. The third-order valence-corrected chi connectivity index (χ3v) is 3.54. The maximum atomic E-state index is 11.8. The molecule has 1 aliphatic carbocycles. The minimum Gasteiger partial charge on any atom is -0.480 e. The molecule has 1 saturated carbocycles. The Morgan fingerprint density at radius 2 is 2.16 bits per heavy atom. The van der Waals surface area contributed by atoms with E-state index in [9.17, 15) is 9.59 Å². The first-order chi connectivity index (χ1) is 9.11. The fraction of sp³-hybridized carbons (Fsp3) is 0.692. The number of nitrogens with one attached hydrogen (secondary N) is 2. The molecule has 0 spiro atoms. The van der Waals surface area contributed by atoms with Crippen molar-refractivity contribution in [2.24, 2.45) is 5.92 Å². The highest BCUT2D eigenvalue weighted by Gasteiger charge is 2.41. The van der Waals surface area contributed by atoms with Gasteiger partial charge in [-0.05, 0) is 31.6 Å². The second-order valence-electron chi connectivity index (χ2n) is 5.10. The Morgan fingerprint density at radius 3 is 2.74 bits per heavy atom. The van der Waals surface area contributed by atoms with Gasteiger partial charge in [0.25, 0.3) is 0 Å². The van der Waals surface area contributed by atoms with E-state index in [0.29, 0.717) is 12.5 Å². The van der Waals surface area contributed by atoms with Gasteiger partial charge >= 0.3 is 12.0 Å². The number of hydrogen-bond donors (Lipinski definition) is 3. The van der Waals surface area contributed by atoms with Gasteiger partial charge in [0, 0.05) is 6.61 Å². The predicted octanol–water partition coefficient (Wildman–Crippen LogP) is 0.882. The molecule has 0 radical (unpaired) electrons.